The number of aliphatic imine (C=N–C) groups is 1. The van der Waals surface area contributed by atoms with Gasteiger partial charge in [-0.15, -0.1) is 0 Å². The Morgan fingerprint density at radius 1 is 1.03 bits per heavy atom. The maximum atomic E-state index is 11.2. The number of halogens is 2. The summed E-state index contributed by atoms with van der Waals surface area (Å²) >= 11 is -0.826. The van der Waals surface area contributed by atoms with Crippen molar-refractivity contribution in [2.45, 2.75) is 58.8 Å². The normalized spacial score (nSPS) is 21.8. The SMILES string of the molecule is CC1CCCC(N=Cc2c(-c3ccccc3)ccc([Si](C)(C)C)c2O)C1C.[Cl][Zr][Cl]. The molecule has 3 atom stereocenters. The van der Waals surface area contributed by atoms with Crippen molar-refractivity contribution in [2.75, 3.05) is 0 Å². The van der Waals surface area contributed by atoms with Gasteiger partial charge in [0, 0.05) is 11.8 Å². The van der Waals surface area contributed by atoms with E-state index in [-0.39, 0.29) is 0 Å². The van der Waals surface area contributed by atoms with Gasteiger partial charge in [-0.3, -0.25) is 4.99 Å². The van der Waals surface area contributed by atoms with E-state index < -0.39 is 28.9 Å². The van der Waals surface area contributed by atoms with E-state index in [1.165, 1.54) is 12.8 Å². The third kappa shape index (κ3) is 6.79. The van der Waals surface area contributed by atoms with Crippen LogP contribution in [-0.4, -0.2) is 25.4 Å². The van der Waals surface area contributed by atoms with E-state index in [4.69, 9.17) is 22.0 Å². The number of hydrogen-bond acceptors (Lipinski definition) is 2. The van der Waals surface area contributed by atoms with Crippen molar-refractivity contribution in [3.8, 4) is 16.9 Å². The van der Waals surface area contributed by atoms with Gasteiger partial charge in [-0.05, 0) is 34.6 Å². The third-order valence-electron chi connectivity index (χ3n) is 6.17. The molecule has 3 rings (SSSR count). The van der Waals surface area contributed by atoms with Crippen molar-refractivity contribution < 1.29 is 26.0 Å². The van der Waals surface area contributed by atoms with Crippen LogP contribution in [0.4, 0.5) is 0 Å². The first-order valence-corrected chi connectivity index (χ1v) is 20.4. The molecular weight excluding hydrogens is 508 g/mol. The Balaban J connectivity index is 0.00000101. The first kappa shape index (κ1) is 25.8. The first-order chi connectivity index (χ1) is 14.2. The van der Waals surface area contributed by atoms with E-state index in [9.17, 15) is 5.11 Å². The van der Waals surface area contributed by atoms with Crippen molar-refractivity contribution in [2.24, 2.45) is 16.8 Å². The van der Waals surface area contributed by atoms with Gasteiger partial charge in [-0.1, -0.05) is 88.8 Å². The predicted molar refractivity (Wildman–Crippen MR) is 132 cm³/mol. The molecule has 2 nitrogen and oxygen atoms in total. The van der Waals surface area contributed by atoms with Gasteiger partial charge >= 0.3 is 37.9 Å². The molecule has 1 saturated carbocycles. The molecule has 0 aliphatic heterocycles. The van der Waals surface area contributed by atoms with Crippen LogP contribution in [0.15, 0.2) is 47.5 Å². The summed E-state index contributed by atoms with van der Waals surface area (Å²) in [7, 11) is 8.23. The number of phenolic OH excluding ortho intramolecular Hbond substituents is 1. The van der Waals surface area contributed by atoms with Crippen LogP contribution < -0.4 is 5.19 Å². The summed E-state index contributed by atoms with van der Waals surface area (Å²) in [5.74, 6) is 1.74. The van der Waals surface area contributed by atoms with Gasteiger partial charge in [0.1, 0.15) is 5.75 Å². The Morgan fingerprint density at radius 2 is 1.67 bits per heavy atom. The molecule has 30 heavy (non-hydrogen) atoms. The molecule has 2 aromatic carbocycles. The van der Waals surface area contributed by atoms with E-state index in [1.54, 1.807) is 0 Å². The van der Waals surface area contributed by atoms with Crippen molar-refractivity contribution in [3.05, 3.63) is 48.0 Å². The number of hydrogen-bond donors (Lipinski definition) is 1. The van der Waals surface area contributed by atoms with E-state index in [0.29, 0.717) is 17.7 Å². The van der Waals surface area contributed by atoms with Crippen molar-refractivity contribution in [3.63, 3.8) is 0 Å². The Kier molecular flexibility index (Phi) is 10.3. The molecule has 2 aromatic rings. The minimum atomic E-state index is -1.64. The Hall–Kier alpha value is -0.410. The van der Waals surface area contributed by atoms with Gasteiger partial charge < -0.3 is 5.11 Å². The van der Waals surface area contributed by atoms with Crippen LogP contribution in [0.3, 0.4) is 0 Å². The van der Waals surface area contributed by atoms with Crippen molar-refractivity contribution >= 4 is 36.5 Å². The van der Waals surface area contributed by atoms with Crippen LogP contribution in [0, 0.1) is 11.8 Å². The fourth-order valence-corrected chi connectivity index (χ4v) is 5.58. The summed E-state index contributed by atoms with van der Waals surface area (Å²) in [5.41, 5.74) is 3.07. The second-order valence-electron chi connectivity index (χ2n) is 9.22. The summed E-state index contributed by atoms with van der Waals surface area (Å²) in [6, 6.07) is 15.0. The number of phenols is 1. The molecule has 0 spiro atoms. The quantitative estimate of drug-likeness (QED) is 0.322. The summed E-state index contributed by atoms with van der Waals surface area (Å²) in [4.78, 5) is 4.99. The van der Waals surface area contributed by atoms with Crippen LogP contribution in [-0.2, 0) is 20.8 Å². The Labute approximate surface area is 201 Å². The van der Waals surface area contributed by atoms with E-state index >= 15 is 0 Å². The average molecular weight is 542 g/mol. The average Bonchev–Trinajstić information content (AvgIpc) is 2.70. The molecule has 0 amide bonds. The molecule has 1 N–H and O–H groups in total. The second kappa shape index (κ2) is 12.0. The van der Waals surface area contributed by atoms with Gasteiger partial charge in [0.25, 0.3) is 0 Å². The zero-order valence-electron chi connectivity index (χ0n) is 18.6. The zero-order chi connectivity index (χ0) is 22.3. The minimum absolute atomic E-state index is 0.354. The van der Waals surface area contributed by atoms with Crippen LogP contribution in [0.25, 0.3) is 11.1 Å². The van der Waals surface area contributed by atoms with Crippen LogP contribution in [0.2, 0.25) is 19.6 Å². The molecule has 1 fully saturated rings. The number of benzene rings is 2. The van der Waals surface area contributed by atoms with Gasteiger partial charge in [-0.2, -0.15) is 0 Å². The van der Waals surface area contributed by atoms with Gasteiger partial charge in [0.15, 0.2) is 0 Å². The molecular formula is C24H33Cl2NOSiZr. The molecule has 3 unspecified atom stereocenters. The van der Waals surface area contributed by atoms with Gasteiger partial charge in [0.05, 0.1) is 14.1 Å². The summed E-state index contributed by atoms with van der Waals surface area (Å²) in [6.45, 7) is 11.5. The topological polar surface area (TPSA) is 32.6 Å². The maximum absolute atomic E-state index is 11.2. The molecule has 1 aliphatic rings. The monoisotopic (exact) mass is 539 g/mol. The molecule has 0 saturated heterocycles. The number of nitrogens with zero attached hydrogens (tertiary/aromatic N) is 1. The van der Waals surface area contributed by atoms with Gasteiger partial charge in [-0.25, -0.2) is 0 Å². The first-order valence-electron chi connectivity index (χ1n) is 10.6. The molecule has 1 aliphatic carbocycles. The van der Waals surface area contributed by atoms with E-state index in [0.717, 1.165) is 34.2 Å². The summed E-state index contributed by atoms with van der Waals surface area (Å²) < 4.78 is 0. The van der Waals surface area contributed by atoms with Crippen LogP contribution >= 0.6 is 17.0 Å². The Morgan fingerprint density at radius 3 is 2.27 bits per heavy atom. The fourth-order valence-electron chi connectivity index (χ4n) is 4.15. The zero-order valence-corrected chi connectivity index (χ0v) is 23.6. The molecule has 162 valence electrons. The van der Waals surface area contributed by atoms with Crippen molar-refractivity contribution in [1.29, 1.82) is 0 Å². The number of aromatic hydroxyl groups is 1. The third-order valence-corrected chi connectivity index (χ3v) is 8.19. The van der Waals surface area contributed by atoms with Crippen molar-refractivity contribution in [1.82, 2.24) is 0 Å². The fraction of sp³-hybridized carbons (Fsp3) is 0.458. The van der Waals surface area contributed by atoms with E-state index in [1.807, 2.05) is 24.4 Å². The predicted octanol–water partition coefficient (Wildman–Crippen LogP) is 7.22. The van der Waals surface area contributed by atoms with Gasteiger partial charge in [0.2, 0.25) is 0 Å². The molecule has 0 radical (unpaired) electrons. The van der Waals surface area contributed by atoms with Crippen LogP contribution in [0.1, 0.15) is 38.7 Å². The standard InChI is InChI=1S/C24H33NOSi.2ClH.Zr/c1-17-10-9-13-22(18(17)2)25-16-21-20(19-11-7-6-8-12-19)14-15-23(24(21)26)27(3,4)5;;;/h6-8,11-12,14-18,22,26H,9-10,13H2,1-5H3;2*1H;/q;;;+2/p-2. The van der Waals surface area contributed by atoms with E-state index in [2.05, 4.69) is 57.8 Å². The molecule has 0 heterocycles. The molecule has 0 aromatic heterocycles. The van der Waals surface area contributed by atoms with Crippen LogP contribution in [0.5, 0.6) is 5.75 Å². The molecule has 6 heteroatoms. The Bertz CT molecular complexity index is 839. The second-order valence-corrected chi connectivity index (χ2v) is 18.0. The molecule has 0 bridgehead atoms. The number of rotatable bonds is 4. The summed E-state index contributed by atoms with van der Waals surface area (Å²) in [6.07, 6.45) is 5.66. The summed E-state index contributed by atoms with van der Waals surface area (Å²) in [5, 5.41) is 12.3.